The number of aryl methyl sites for hydroxylation is 2. The lowest BCUT2D eigenvalue weighted by atomic mass is 10.1. The average molecular weight is 221 g/mol. The number of rotatable bonds is 1. The number of hydrogen-bond donors (Lipinski definition) is 0. The van der Waals surface area contributed by atoms with E-state index in [2.05, 4.69) is 73.1 Å². The van der Waals surface area contributed by atoms with E-state index >= 15 is 0 Å². The monoisotopic (exact) mass is 221 g/mol. The van der Waals surface area contributed by atoms with Crippen molar-refractivity contribution < 1.29 is 0 Å². The molecular weight excluding hydrogens is 206 g/mol. The van der Waals surface area contributed by atoms with Crippen molar-refractivity contribution in [2.75, 3.05) is 0 Å². The van der Waals surface area contributed by atoms with Gasteiger partial charge in [-0.3, -0.25) is 0 Å². The zero-order valence-corrected chi connectivity index (χ0v) is 10.1. The molecule has 84 valence electrons. The number of para-hydroxylation sites is 1. The summed E-state index contributed by atoms with van der Waals surface area (Å²) in [5.74, 6) is 0. The van der Waals surface area contributed by atoms with Crippen molar-refractivity contribution in [3.63, 3.8) is 0 Å². The topological polar surface area (TPSA) is 4.93 Å². The van der Waals surface area contributed by atoms with Crippen LogP contribution in [-0.4, -0.2) is 4.57 Å². The van der Waals surface area contributed by atoms with Gasteiger partial charge in [0.2, 0.25) is 0 Å². The number of aromatic nitrogens is 1. The van der Waals surface area contributed by atoms with E-state index in [0.29, 0.717) is 0 Å². The number of benzene rings is 2. The summed E-state index contributed by atoms with van der Waals surface area (Å²) in [6.07, 6.45) is 2.13. The summed E-state index contributed by atoms with van der Waals surface area (Å²) in [4.78, 5) is 0. The maximum Gasteiger partial charge on any atom is 0.0528 e. The Kier molecular flexibility index (Phi) is 2.25. The van der Waals surface area contributed by atoms with Gasteiger partial charge >= 0.3 is 0 Å². The standard InChI is InChI=1S/C16H15N/c1-12-7-8-15(11-13(12)2)17-10-9-14-5-3-4-6-16(14)17/h3-11H,1-2H3. The normalized spacial score (nSPS) is 10.9. The molecule has 0 aliphatic rings. The van der Waals surface area contributed by atoms with Gasteiger partial charge in [-0.05, 0) is 54.6 Å². The third kappa shape index (κ3) is 1.64. The summed E-state index contributed by atoms with van der Waals surface area (Å²) in [5, 5.41) is 1.28. The minimum atomic E-state index is 1.23. The third-order valence-corrected chi connectivity index (χ3v) is 3.37. The molecule has 2 aromatic carbocycles. The van der Waals surface area contributed by atoms with E-state index in [1.54, 1.807) is 0 Å². The van der Waals surface area contributed by atoms with Crippen molar-refractivity contribution in [2.24, 2.45) is 0 Å². The van der Waals surface area contributed by atoms with Gasteiger partial charge in [0.15, 0.2) is 0 Å². The van der Waals surface area contributed by atoms with Crippen molar-refractivity contribution in [2.45, 2.75) is 13.8 Å². The molecule has 0 bridgehead atoms. The van der Waals surface area contributed by atoms with Crippen LogP contribution in [0.1, 0.15) is 11.1 Å². The minimum absolute atomic E-state index is 1.23. The Morgan fingerprint density at radius 2 is 1.65 bits per heavy atom. The van der Waals surface area contributed by atoms with E-state index in [0.717, 1.165) is 0 Å². The van der Waals surface area contributed by atoms with E-state index in [1.165, 1.54) is 27.7 Å². The van der Waals surface area contributed by atoms with Crippen molar-refractivity contribution >= 4 is 10.9 Å². The van der Waals surface area contributed by atoms with Gasteiger partial charge < -0.3 is 4.57 Å². The lowest BCUT2D eigenvalue weighted by Gasteiger charge is -2.08. The second-order valence-electron chi connectivity index (χ2n) is 4.51. The largest absolute Gasteiger partial charge is 0.317 e. The fraction of sp³-hybridized carbons (Fsp3) is 0.125. The van der Waals surface area contributed by atoms with Gasteiger partial charge in [0, 0.05) is 11.9 Å². The summed E-state index contributed by atoms with van der Waals surface area (Å²) < 4.78 is 2.24. The van der Waals surface area contributed by atoms with Gasteiger partial charge in [0.25, 0.3) is 0 Å². The van der Waals surface area contributed by atoms with E-state index in [9.17, 15) is 0 Å². The molecule has 0 amide bonds. The van der Waals surface area contributed by atoms with Crippen LogP contribution >= 0.6 is 0 Å². The molecule has 3 aromatic rings. The Bertz CT molecular complexity index is 677. The van der Waals surface area contributed by atoms with Crippen LogP contribution < -0.4 is 0 Å². The molecule has 1 aromatic heterocycles. The molecule has 0 spiro atoms. The highest BCUT2D eigenvalue weighted by atomic mass is 15.0. The Hall–Kier alpha value is -2.02. The molecular formula is C16H15N. The zero-order chi connectivity index (χ0) is 11.8. The molecule has 0 saturated heterocycles. The molecule has 0 aliphatic heterocycles. The van der Waals surface area contributed by atoms with E-state index < -0.39 is 0 Å². The van der Waals surface area contributed by atoms with Crippen LogP contribution in [0.15, 0.2) is 54.7 Å². The quantitative estimate of drug-likeness (QED) is 0.579. The molecule has 1 nitrogen and oxygen atoms in total. The predicted molar refractivity (Wildman–Crippen MR) is 72.7 cm³/mol. The van der Waals surface area contributed by atoms with Crippen molar-refractivity contribution in [1.29, 1.82) is 0 Å². The van der Waals surface area contributed by atoms with Gasteiger partial charge in [-0.2, -0.15) is 0 Å². The first-order valence-electron chi connectivity index (χ1n) is 5.89. The predicted octanol–water partition coefficient (Wildman–Crippen LogP) is 4.25. The van der Waals surface area contributed by atoms with Gasteiger partial charge in [-0.25, -0.2) is 0 Å². The fourth-order valence-electron chi connectivity index (χ4n) is 2.18. The molecule has 17 heavy (non-hydrogen) atoms. The molecule has 0 aliphatic carbocycles. The van der Waals surface area contributed by atoms with Crippen LogP contribution in [-0.2, 0) is 0 Å². The zero-order valence-electron chi connectivity index (χ0n) is 10.1. The second-order valence-corrected chi connectivity index (χ2v) is 4.51. The molecule has 1 heterocycles. The molecule has 1 heteroatoms. The second kappa shape index (κ2) is 3.77. The lowest BCUT2D eigenvalue weighted by Crippen LogP contribution is -1.93. The lowest BCUT2D eigenvalue weighted by molar-refractivity contribution is 1.11. The summed E-state index contributed by atoms with van der Waals surface area (Å²) in [6.45, 7) is 4.30. The van der Waals surface area contributed by atoms with Crippen LogP contribution in [0.3, 0.4) is 0 Å². The first-order chi connectivity index (χ1) is 8.25. The van der Waals surface area contributed by atoms with Crippen LogP contribution in [0.2, 0.25) is 0 Å². The van der Waals surface area contributed by atoms with Gasteiger partial charge in [-0.1, -0.05) is 24.3 Å². The van der Waals surface area contributed by atoms with E-state index in [4.69, 9.17) is 0 Å². The first-order valence-corrected chi connectivity index (χ1v) is 5.89. The summed E-state index contributed by atoms with van der Waals surface area (Å²) >= 11 is 0. The fourth-order valence-corrected chi connectivity index (χ4v) is 2.18. The highest BCUT2D eigenvalue weighted by molar-refractivity contribution is 5.81. The van der Waals surface area contributed by atoms with Crippen molar-refractivity contribution in [3.8, 4) is 5.69 Å². The van der Waals surface area contributed by atoms with Crippen LogP contribution in [0.5, 0.6) is 0 Å². The highest BCUT2D eigenvalue weighted by Gasteiger charge is 2.03. The Morgan fingerprint density at radius 1 is 0.824 bits per heavy atom. The smallest absolute Gasteiger partial charge is 0.0528 e. The summed E-state index contributed by atoms with van der Waals surface area (Å²) in [7, 11) is 0. The maximum absolute atomic E-state index is 2.24. The molecule has 0 N–H and O–H groups in total. The van der Waals surface area contributed by atoms with Gasteiger partial charge in [-0.15, -0.1) is 0 Å². The van der Waals surface area contributed by atoms with E-state index in [-0.39, 0.29) is 0 Å². The van der Waals surface area contributed by atoms with E-state index in [1.807, 2.05) is 0 Å². The molecule has 3 rings (SSSR count). The molecule has 0 radical (unpaired) electrons. The Morgan fingerprint density at radius 3 is 2.47 bits per heavy atom. The first kappa shape index (κ1) is 10.2. The van der Waals surface area contributed by atoms with Gasteiger partial charge in [0.05, 0.1) is 5.52 Å². The molecule has 0 saturated carbocycles. The molecule has 0 fully saturated rings. The van der Waals surface area contributed by atoms with Crippen LogP contribution in [0.4, 0.5) is 0 Å². The van der Waals surface area contributed by atoms with Crippen LogP contribution in [0, 0.1) is 13.8 Å². The van der Waals surface area contributed by atoms with Crippen molar-refractivity contribution in [1.82, 2.24) is 4.57 Å². The number of nitrogens with zero attached hydrogens (tertiary/aromatic N) is 1. The van der Waals surface area contributed by atoms with Crippen LogP contribution in [0.25, 0.3) is 16.6 Å². The van der Waals surface area contributed by atoms with Crippen molar-refractivity contribution in [3.05, 3.63) is 65.9 Å². The molecule has 0 atom stereocenters. The Labute approximate surface area is 101 Å². The highest BCUT2D eigenvalue weighted by Crippen LogP contribution is 2.21. The number of fused-ring (bicyclic) bond motifs is 1. The Balaban J connectivity index is 2.24. The summed E-state index contributed by atoms with van der Waals surface area (Å²) in [6, 6.07) is 17.2. The minimum Gasteiger partial charge on any atom is -0.317 e. The average Bonchev–Trinajstić information content (AvgIpc) is 2.76. The third-order valence-electron chi connectivity index (χ3n) is 3.37. The summed E-state index contributed by atoms with van der Waals surface area (Å²) in [5.41, 5.74) is 5.16. The van der Waals surface area contributed by atoms with Gasteiger partial charge in [0.1, 0.15) is 0 Å². The SMILES string of the molecule is Cc1ccc(-n2ccc3ccccc32)cc1C. The maximum atomic E-state index is 2.24. The number of hydrogen-bond acceptors (Lipinski definition) is 0. The molecule has 0 unspecified atom stereocenters.